The molecular formula is C16H19F3N4O2S. The third kappa shape index (κ3) is 3.69. The fourth-order valence-corrected chi connectivity index (χ4v) is 3.66. The van der Waals surface area contributed by atoms with Gasteiger partial charge in [0.1, 0.15) is 5.82 Å². The number of aromatic nitrogens is 3. The van der Waals surface area contributed by atoms with E-state index in [9.17, 15) is 21.6 Å². The lowest BCUT2D eigenvalue weighted by atomic mass is 10.2. The number of alkyl halides is 3. The minimum atomic E-state index is -4.58. The largest absolute Gasteiger partial charge is 0.435 e. The van der Waals surface area contributed by atoms with Crippen LogP contribution in [0.4, 0.5) is 19.0 Å². The summed E-state index contributed by atoms with van der Waals surface area (Å²) < 4.78 is 64.1. The van der Waals surface area contributed by atoms with Gasteiger partial charge < -0.3 is 5.32 Å². The number of hydrogen-bond donors (Lipinski definition) is 1. The third-order valence-electron chi connectivity index (χ3n) is 4.43. The van der Waals surface area contributed by atoms with Crippen LogP contribution in [0.15, 0.2) is 23.4 Å². The summed E-state index contributed by atoms with van der Waals surface area (Å²) >= 11 is 0. The molecule has 0 atom stereocenters. The Kier molecular flexibility index (Phi) is 4.72. The third-order valence-corrected chi connectivity index (χ3v) is 5.43. The number of rotatable bonds is 4. The summed E-state index contributed by atoms with van der Waals surface area (Å²) in [6.07, 6.45) is 1.48. The van der Waals surface area contributed by atoms with Crippen LogP contribution in [0, 0.1) is 6.92 Å². The molecule has 2 heterocycles. The molecule has 1 saturated carbocycles. The lowest BCUT2D eigenvalue weighted by Crippen LogP contribution is -2.18. The Morgan fingerprint density at radius 2 is 1.88 bits per heavy atom. The van der Waals surface area contributed by atoms with Crippen LogP contribution in [0.25, 0.3) is 5.69 Å². The molecule has 1 aliphatic rings. The molecule has 2 aromatic rings. The minimum absolute atomic E-state index is 0.0107. The molecule has 2 aromatic heterocycles. The second-order valence-electron chi connectivity index (χ2n) is 6.48. The fourth-order valence-electron chi connectivity index (χ4n) is 3.10. The topological polar surface area (TPSA) is 76.9 Å². The molecule has 26 heavy (non-hydrogen) atoms. The minimum Gasteiger partial charge on any atom is -0.367 e. The van der Waals surface area contributed by atoms with Crippen LogP contribution in [-0.2, 0) is 16.0 Å². The molecule has 0 saturated heterocycles. The van der Waals surface area contributed by atoms with E-state index in [1.165, 1.54) is 25.3 Å². The smallest absolute Gasteiger partial charge is 0.367 e. The second-order valence-corrected chi connectivity index (χ2v) is 8.45. The van der Waals surface area contributed by atoms with Crippen molar-refractivity contribution in [3.63, 3.8) is 0 Å². The highest BCUT2D eigenvalue weighted by Crippen LogP contribution is 2.36. The first kappa shape index (κ1) is 18.7. The highest BCUT2D eigenvalue weighted by molar-refractivity contribution is 7.90. The summed E-state index contributed by atoms with van der Waals surface area (Å²) in [6, 6.07) is 2.75. The van der Waals surface area contributed by atoms with Gasteiger partial charge in [-0.1, -0.05) is 12.8 Å². The molecule has 10 heteroatoms. The average Bonchev–Trinajstić information content (AvgIpc) is 3.16. The van der Waals surface area contributed by atoms with Crippen LogP contribution in [0.3, 0.4) is 0 Å². The molecule has 0 radical (unpaired) electrons. The number of nitrogens with zero attached hydrogens (tertiary/aromatic N) is 3. The van der Waals surface area contributed by atoms with Gasteiger partial charge in [-0.2, -0.15) is 18.3 Å². The molecule has 0 bridgehead atoms. The zero-order valence-corrected chi connectivity index (χ0v) is 15.2. The summed E-state index contributed by atoms with van der Waals surface area (Å²) in [5, 5.41) is 6.75. The van der Waals surface area contributed by atoms with Gasteiger partial charge in [0.25, 0.3) is 0 Å². The van der Waals surface area contributed by atoms with E-state index in [0.717, 1.165) is 36.6 Å². The van der Waals surface area contributed by atoms with Crippen LogP contribution < -0.4 is 5.32 Å². The van der Waals surface area contributed by atoms with Crippen molar-refractivity contribution in [1.82, 2.24) is 14.8 Å². The maximum atomic E-state index is 13.3. The molecule has 3 rings (SSSR count). The van der Waals surface area contributed by atoms with E-state index in [2.05, 4.69) is 15.4 Å². The van der Waals surface area contributed by atoms with Crippen molar-refractivity contribution >= 4 is 15.7 Å². The van der Waals surface area contributed by atoms with Gasteiger partial charge in [0.05, 0.1) is 11.9 Å². The molecule has 0 spiro atoms. The first-order valence-corrected chi connectivity index (χ1v) is 10.1. The number of halogens is 3. The predicted molar refractivity (Wildman–Crippen MR) is 90.1 cm³/mol. The summed E-state index contributed by atoms with van der Waals surface area (Å²) in [4.78, 5) is 3.84. The highest BCUT2D eigenvalue weighted by atomic mass is 32.2. The van der Waals surface area contributed by atoms with Crippen molar-refractivity contribution in [3.05, 3.63) is 29.6 Å². The van der Waals surface area contributed by atoms with Crippen LogP contribution in [0.1, 0.15) is 36.9 Å². The maximum absolute atomic E-state index is 13.3. The van der Waals surface area contributed by atoms with Crippen molar-refractivity contribution in [1.29, 1.82) is 0 Å². The van der Waals surface area contributed by atoms with Gasteiger partial charge in [-0.25, -0.2) is 18.1 Å². The zero-order valence-electron chi connectivity index (χ0n) is 14.3. The van der Waals surface area contributed by atoms with Gasteiger partial charge in [-0.3, -0.25) is 0 Å². The van der Waals surface area contributed by atoms with Crippen LogP contribution in [-0.4, -0.2) is 35.5 Å². The van der Waals surface area contributed by atoms with E-state index in [0.29, 0.717) is 0 Å². The number of sulfone groups is 1. The molecular weight excluding hydrogens is 369 g/mol. The number of pyridine rings is 1. The summed E-state index contributed by atoms with van der Waals surface area (Å²) in [5.41, 5.74) is -0.696. The monoisotopic (exact) mass is 388 g/mol. The van der Waals surface area contributed by atoms with Crippen molar-refractivity contribution in [3.8, 4) is 5.69 Å². The molecule has 1 fully saturated rings. The fraction of sp³-hybridized carbons (Fsp3) is 0.500. The van der Waals surface area contributed by atoms with Gasteiger partial charge in [-0.15, -0.1) is 0 Å². The normalized spacial score (nSPS) is 16.2. The Morgan fingerprint density at radius 3 is 2.38 bits per heavy atom. The van der Waals surface area contributed by atoms with Crippen molar-refractivity contribution in [2.45, 2.75) is 49.9 Å². The van der Waals surface area contributed by atoms with Gasteiger partial charge in [0.15, 0.2) is 20.6 Å². The second kappa shape index (κ2) is 6.57. The average molecular weight is 388 g/mol. The van der Waals surface area contributed by atoms with Crippen LogP contribution in [0.5, 0.6) is 0 Å². The number of hydrogen-bond acceptors (Lipinski definition) is 5. The van der Waals surface area contributed by atoms with E-state index in [4.69, 9.17) is 0 Å². The standard InChI is InChI=1S/C16H19F3N4O2S/c1-10-14(16(17,18)19)22-23(15(10)21-11-5-3-4-6-11)12-7-8-13(20-9-12)26(2,24)25/h7-9,11,21H,3-6H2,1-2H3. The Hall–Kier alpha value is -2.10. The van der Waals surface area contributed by atoms with E-state index in [1.807, 2.05) is 0 Å². The molecule has 0 unspecified atom stereocenters. The quantitative estimate of drug-likeness (QED) is 0.869. The molecule has 0 aliphatic heterocycles. The van der Waals surface area contributed by atoms with Crippen molar-refractivity contribution in [2.75, 3.05) is 11.6 Å². The van der Waals surface area contributed by atoms with Crippen molar-refractivity contribution in [2.24, 2.45) is 0 Å². The van der Waals surface area contributed by atoms with Crippen LogP contribution >= 0.6 is 0 Å². The van der Waals surface area contributed by atoms with Gasteiger partial charge in [0, 0.05) is 17.9 Å². The van der Waals surface area contributed by atoms with Gasteiger partial charge >= 0.3 is 6.18 Å². The van der Waals surface area contributed by atoms with Crippen LogP contribution in [0.2, 0.25) is 0 Å². The maximum Gasteiger partial charge on any atom is 0.435 e. The summed E-state index contributed by atoms with van der Waals surface area (Å²) in [6.45, 7) is 1.38. The Labute approximate surface area is 149 Å². The molecule has 142 valence electrons. The number of nitrogens with one attached hydrogen (secondary N) is 1. The van der Waals surface area contributed by atoms with Gasteiger partial charge in [0.2, 0.25) is 0 Å². The lowest BCUT2D eigenvalue weighted by molar-refractivity contribution is -0.141. The van der Waals surface area contributed by atoms with Crippen molar-refractivity contribution < 1.29 is 21.6 Å². The Bertz CT molecular complexity index is 899. The van der Waals surface area contributed by atoms with E-state index < -0.39 is 21.7 Å². The van der Waals surface area contributed by atoms with E-state index in [1.54, 1.807) is 0 Å². The van der Waals surface area contributed by atoms with E-state index in [-0.39, 0.29) is 28.1 Å². The molecule has 0 aromatic carbocycles. The molecule has 0 amide bonds. The van der Waals surface area contributed by atoms with Gasteiger partial charge in [-0.05, 0) is 31.9 Å². The Balaban J connectivity index is 2.06. The summed E-state index contributed by atoms with van der Waals surface area (Å²) in [5.74, 6) is 0.262. The SMILES string of the molecule is Cc1c(C(F)(F)F)nn(-c2ccc(S(C)(=O)=O)nc2)c1NC1CCCC1. The predicted octanol–water partition coefficient (Wildman–Crippen LogP) is 3.35. The Morgan fingerprint density at radius 1 is 1.23 bits per heavy atom. The molecule has 1 N–H and O–H groups in total. The van der Waals surface area contributed by atoms with E-state index >= 15 is 0 Å². The lowest BCUT2D eigenvalue weighted by Gasteiger charge is -2.16. The first-order chi connectivity index (χ1) is 12.1. The molecule has 6 nitrogen and oxygen atoms in total. The summed E-state index contributed by atoms with van der Waals surface area (Å²) in [7, 11) is -3.49. The highest BCUT2D eigenvalue weighted by Gasteiger charge is 2.38. The first-order valence-electron chi connectivity index (χ1n) is 8.17. The molecule has 1 aliphatic carbocycles. The zero-order chi connectivity index (χ0) is 19.1. The number of anilines is 1.